The van der Waals surface area contributed by atoms with E-state index in [1.54, 1.807) is 6.20 Å². The number of fused-ring (bicyclic) bond motifs is 6. The highest BCUT2D eigenvalue weighted by atomic mass is 35.5. The average Bonchev–Trinajstić information content (AvgIpc) is 3.97. The summed E-state index contributed by atoms with van der Waals surface area (Å²) >= 11 is 0. The fraction of sp³-hybridized carbons (Fsp3) is 0.469. The molecule has 0 radical (unpaired) electrons. The molecule has 62 heavy (non-hydrogen) atoms. The zero-order chi connectivity index (χ0) is 43.8. The molecule has 0 aliphatic heterocycles. The van der Waals surface area contributed by atoms with E-state index < -0.39 is 23.0 Å². The average molecular weight is 867 g/mol. The van der Waals surface area contributed by atoms with Gasteiger partial charge in [0.15, 0.2) is 11.6 Å². The van der Waals surface area contributed by atoms with Crippen molar-refractivity contribution in [1.82, 2.24) is 23.3 Å². The number of ketones is 2. The monoisotopic (exact) mass is 865 g/mol. The lowest BCUT2D eigenvalue weighted by molar-refractivity contribution is -0.732. The predicted molar refractivity (Wildman–Crippen MR) is 241 cm³/mol. The molecule has 4 aromatic heterocycles. The first-order chi connectivity index (χ1) is 29.1. The van der Waals surface area contributed by atoms with Crippen molar-refractivity contribution in [1.29, 1.82) is 0 Å². The van der Waals surface area contributed by atoms with Gasteiger partial charge in [0.05, 0.1) is 17.8 Å². The normalized spacial score (nSPS) is 16.3. The first kappa shape index (κ1) is 46.0. The molecular formula is C49H62ClN6O6+. The number of halogens is 1. The number of carbonyl (C=O) groups excluding carboxylic acids is 4. The third-order valence-corrected chi connectivity index (χ3v) is 13.2. The lowest BCUT2D eigenvalue weighted by atomic mass is 9.79. The number of benzene rings is 2. The van der Waals surface area contributed by atoms with Crippen LogP contribution >= 0.6 is 12.4 Å². The number of esters is 2. The molecule has 2 aromatic carbocycles. The number of Topliss-reactive ketones (excluding diaryl/α,β-unsaturated/α-hetero) is 2. The Hall–Kier alpha value is -5.49. The highest BCUT2D eigenvalue weighted by Gasteiger charge is 2.41. The van der Waals surface area contributed by atoms with E-state index >= 15 is 0 Å². The first-order valence-corrected chi connectivity index (χ1v) is 21.7. The van der Waals surface area contributed by atoms with Crippen LogP contribution in [0.4, 0.5) is 0 Å². The van der Waals surface area contributed by atoms with E-state index in [1.165, 1.54) is 5.69 Å². The van der Waals surface area contributed by atoms with Crippen molar-refractivity contribution < 1.29 is 33.2 Å². The van der Waals surface area contributed by atoms with E-state index in [0.29, 0.717) is 19.4 Å². The maximum Gasteiger partial charge on any atom is 0.315 e. The molecular weight excluding hydrogens is 804 g/mol. The molecule has 13 heteroatoms. The standard InChI is InChI=1S/C31H42N3O5.C18H19N3O.ClH/c1-8-31(9-2,18-26(35)39-30(4,5)6)29(37)38-20-34-17-16-33(21(34)3)19-22-14-15-25-27(28(22)36)23-12-10-11-13-24(23)32(25)7;1-12-19-9-10-21(12)11-13-7-8-16-17(18(13)22)14-5-3-4-6-15(14)20(16)2;/h10-13,16-17,22H,8-9,14-15,18-20H2,1-7H3;3-6,9-10,13H,7-8,11H2,1-2H3;1H/q+1;;. The Balaban J connectivity index is 0.000000235. The zero-order valence-electron chi connectivity index (χ0n) is 37.7. The van der Waals surface area contributed by atoms with Crippen molar-refractivity contribution >= 4 is 57.7 Å². The predicted octanol–water partition coefficient (Wildman–Crippen LogP) is 8.61. The van der Waals surface area contributed by atoms with Crippen molar-refractivity contribution in [3.63, 3.8) is 0 Å². The van der Waals surface area contributed by atoms with Crippen LogP contribution in [-0.2, 0) is 65.8 Å². The van der Waals surface area contributed by atoms with Crippen LogP contribution in [0.2, 0.25) is 0 Å². The largest absolute Gasteiger partial charge is 0.460 e. The molecule has 0 amide bonds. The Morgan fingerprint density at radius 3 is 1.79 bits per heavy atom. The van der Waals surface area contributed by atoms with Crippen LogP contribution in [0.5, 0.6) is 0 Å². The molecule has 6 aromatic rings. The van der Waals surface area contributed by atoms with Gasteiger partial charge in [-0.15, -0.1) is 12.4 Å². The van der Waals surface area contributed by atoms with Gasteiger partial charge in [-0.05, 0) is 78.4 Å². The Morgan fingerprint density at radius 2 is 1.31 bits per heavy atom. The molecule has 2 aliphatic rings. The minimum absolute atomic E-state index is 0. The van der Waals surface area contributed by atoms with Crippen LogP contribution in [0, 0.1) is 31.1 Å². The van der Waals surface area contributed by atoms with Gasteiger partial charge in [-0.1, -0.05) is 50.2 Å². The number of carbonyl (C=O) groups is 4. The maximum atomic E-state index is 13.6. The van der Waals surface area contributed by atoms with Crippen molar-refractivity contribution in [2.45, 2.75) is 119 Å². The number of hydrogen-bond acceptors (Lipinski definition) is 7. The molecule has 8 rings (SSSR count). The van der Waals surface area contributed by atoms with Crippen LogP contribution < -0.4 is 4.57 Å². The summed E-state index contributed by atoms with van der Waals surface area (Å²) in [6.45, 7) is 14.5. The van der Waals surface area contributed by atoms with E-state index in [0.717, 1.165) is 82.5 Å². The van der Waals surface area contributed by atoms with Gasteiger partial charge < -0.3 is 23.2 Å². The van der Waals surface area contributed by atoms with Gasteiger partial charge in [0.1, 0.15) is 30.4 Å². The van der Waals surface area contributed by atoms with Gasteiger partial charge in [0.25, 0.3) is 5.82 Å². The van der Waals surface area contributed by atoms with Crippen LogP contribution in [0.1, 0.15) is 110 Å². The fourth-order valence-corrected chi connectivity index (χ4v) is 9.41. The van der Waals surface area contributed by atoms with Gasteiger partial charge in [-0.25, -0.2) is 9.55 Å². The first-order valence-electron chi connectivity index (χ1n) is 21.7. The number of hydrogen-bond donors (Lipinski definition) is 0. The molecule has 4 heterocycles. The summed E-state index contributed by atoms with van der Waals surface area (Å²) in [6.07, 6.45) is 12.0. The van der Waals surface area contributed by atoms with E-state index in [-0.39, 0.29) is 49.0 Å². The number of ether oxygens (including phenoxy) is 2. The SMILES string of the molecule is CCC(CC)(CC(=O)OC(C)(C)C)C(=O)OC[n+]1ccn(CC2CCc3c(c4ccccc4n3C)C2=O)c1C.Cc1nccn1CC1CCc2c(c3ccccc3n2C)C1=O.Cl. The zero-order valence-corrected chi connectivity index (χ0v) is 38.5. The van der Waals surface area contributed by atoms with Gasteiger partial charge in [-0.2, -0.15) is 4.57 Å². The topological polar surface area (TPSA) is 123 Å². The summed E-state index contributed by atoms with van der Waals surface area (Å²) in [5.74, 6) is 1.47. The second-order valence-electron chi connectivity index (χ2n) is 17.9. The van der Waals surface area contributed by atoms with Crippen LogP contribution in [-0.4, -0.2) is 52.4 Å². The molecule has 330 valence electrons. The Morgan fingerprint density at radius 1 is 0.790 bits per heavy atom. The van der Waals surface area contributed by atoms with Crippen molar-refractivity contribution in [3.05, 3.63) is 107 Å². The van der Waals surface area contributed by atoms with E-state index in [4.69, 9.17) is 9.47 Å². The van der Waals surface area contributed by atoms with Crippen molar-refractivity contribution in [2.75, 3.05) is 0 Å². The molecule has 12 nitrogen and oxygen atoms in total. The van der Waals surface area contributed by atoms with E-state index in [2.05, 4.69) is 48.5 Å². The van der Waals surface area contributed by atoms with Gasteiger partial charge in [0, 0.05) is 90.2 Å². The quantitative estimate of drug-likeness (QED) is 0.0945. The number of imidazole rings is 2. The minimum Gasteiger partial charge on any atom is -0.460 e. The Labute approximate surface area is 370 Å². The number of para-hydroxylation sites is 2. The summed E-state index contributed by atoms with van der Waals surface area (Å²) in [5, 5.41) is 2.12. The lowest BCUT2D eigenvalue weighted by Crippen LogP contribution is -2.42. The smallest absolute Gasteiger partial charge is 0.315 e. The summed E-state index contributed by atoms with van der Waals surface area (Å²) in [4.78, 5) is 56.6. The molecule has 2 unspecified atom stereocenters. The summed E-state index contributed by atoms with van der Waals surface area (Å²) in [5.41, 5.74) is 4.80. The summed E-state index contributed by atoms with van der Waals surface area (Å²) in [7, 11) is 4.10. The van der Waals surface area contributed by atoms with Crippen molar-refractivity contribution in [2.24, 2.45) is 31.3 Å². The summed E-state index contributed by atoms with van der Waals surface area (Å²) < 4.78 is 21.5. The number of aryl methyl sites for hydroxylation is 3. The summed E-state index contributed by atoms with van der Waals surface area (Å²) in [6, 6.07) is 16.3. The second-order valence-corrected chi connectivity index (χ2v) is 17.9. The van der Waals surface area contributed by atoms with E-state index in [9.17, 15) is 19.2 Å². The highest BCUT2D eigenvalue weighted by molar-refractivity contribution is 6.12. The Bertz CT molecular complexity index is 2620. The fourth-order valence-electron chi connectivity index (χ4n) is 9.41. The third kappa shape index (κ3) is 8.89. The number of rotatable bonds is 11. The molecule has 0 saturated heterocycles. The lowest BCUT2D eigenvalue weighted by Gasteiger charge is -2.29. The maximum absolute atomic E-state index is 13.6. The molecule has 0 fully saturated rings. The molecule has 0 spiro atoms. The Kier molecular flexibility index (Phi) is 13.7. The van der Waals surface area contributed by atoms with E-state index in [1.807, 2.05) is 109 Å². The molecule has 2 aliphatic carbocycles. The van der Waals surface area contributed by atoms with Gasteiger partial charge in [0.2, 0.25) is 6.73 Å². The number of aromatic nitrogens is 6. The van der Waals surface area contributed by atoms with Gasteiger partial charge in [-0.3, -0.25) is 19.2 Å². The second kappa shape index (κ2) is 18.5. The third-order valence-electron chi connectivity index (χ3n) is 13.2. The number of nitrogens with zero attached hydrogens (tertiary/aromatic N) is 6. The minimum atomic E-state index is -0.927. The van der Waals surface area contributed by atoms with Crippen LogP contribution in [0.25, 0.3) is 21.8 Å². The molecule has 0 bridgehead atoms. The van der Waals surface area contributed by atoms with Crippen LogP contribution in [0.15, 0.2) is 73.3 Å². The van der Waals surface area contributed by atoms with Crippen LogP contribution in [0.3, 0.4) is 0 Å². The van der Waals surface area contributed by atoms with Gasteiger partial charge >= 0.3 is 11.9 Å². The molecule has 0 saturated carbocycles. The van der Waals surface area contributed by atoms with Crippen molar-refractivity contribution in [3.8, 4) is 0 Å². The highest BCUT2D eigenvalue weighted by Crippen LogP contribution is 2.37. The molecule has 2 atom stereocenters. The molecule has 0 N–H and O–H groups in total.